The van der Waals surface area contributed by atoms with Crippen LogP contribution in [0.1, 0.15) is 10.9 Å². The van der Waals surface area contributed by atoms with Gasteiger partial charge >= 0.3 is 5.97 Å². The Hall–Kier alpha value is -1.14. The van der Waals surface area contributed by atoms with Gasteiger partial charge in [-0.05, 0) is 0 Å². The monoisotopic (exact) mass is 188 g/mol. The standard InChI is InChI=1S/C6H8N2O3S/c1-11-6-8-2-3(12-6)4(7)5(9)10/h2,4H,7H2,1H3,(H,9,10). The van der Waals surface area contributed by atoms with E-state index in [4.69, 9.17) is 15.6 Å². The molecule has 0 spiro atoms. The number of ether oxygens (including phenoxy) is 1. The number of carbonyl (C=O) groups is 1. The third kappa shape index (κ3) is 1.72. The van der Waals surface area contributed by atoms with Gasteiger partial charge in [0.15, 0.2) is 0 Å². The number of carboxylic acids is 1. The van der Waals surface area contributed by atoms with Crippen molar-refractivity contribution in [1.82, 2.24) is 4.98 Å². The SMILES string of the molecule is COc1ncc(C(N)C(=O)O)s1. The van der Waals surface area contributed by atoms with Crippen LogP contribution < -0.4 is 10.5 Å². The molecule has 0 radical (unpaired) electrons. The summed E-state index contributed by atoms with van der Waals surface area (Å²) < 4.78 is 4.78. The molecule has 0 aliphatic rings. The molecule has 5 nitrogen and oxygen atoms in total. The molecule has 1 atom stereocenters. The maximum Gasteiger partial charge on any atom is 0.326 e. The molecule has 12 heavy (non-hydrogen) atoms. The van der Waals surface area contributed by atoms with Gasteiger partial charge < -0.3 is 15.6 Å². The normalized spacial score (nSPS) is 12.5. The highest BCUT2D eigenvalue weighted by Gasteiger charge is 2.17. The summed E-state index contributed by atoms with van der Waals surface area (Å²) in [6, 6.07) is -1.01. The molecule has 0 aliphatic heterocycles. The molecule has 0 fully saturated rings. The fourth-order valence-corrected chi connectivity index (χ4v) is 1.35. The second-order valence-corrected chi connectivity index (χ2v) is 3.07. The lowest BCUT2D eigenvalue weighted by molar-refractivity contribution is -0.138. The van der Waals surface area contributed by atoms with Crippen molar-refractivity contribution in [3.05, 3.63) is 11.1 Å². The van der Waals surface area contributed by atoms with Gasteiger partial charge in [0.1, 0.15) is 6.04 Å². The van der Waals surface area contributed by atoms with E-state index < -0.39 is 12.0 Å². The molecule has 1 heterocycles. The highest BCUT2D eigenvalue weighted by Crippen LogP contribution is 2.24. The summed E-state index contributed by atoms with van der Waals surface area (Å²) in [6.07, 6.45) is 1.41. The number of hydrogen-bond donors (Lipinski definition) is 2. The van der Waals surface area contributed by atoms with Crippen LogP contribution >= 0.6 is 11.3 Å². The van der Waals surface area contributed by atoms with E-state index in [0.29, 0.717) is 10.1 Å². The third-order valence-electron chi connectivity index (χ3n) is 1.25. The van der Waals surface area contributed by atoms with Gasteiger partial charge in [-0.15, -0.1) is 0 Å². The zero-order valence-corrected chi connectivity index (χ0v) is 7.17. The second kappa shape index (κ2) is 3.51. The third-order valence-corrected chi connectivity index (χ3v) is 2.29. The van der Waals surface area contributed by atoms with Crippen molar-refractivity contribution in [2.24, 2.45) is 5.73 Å². The van der Waals surface area contributed by atoms with Crippen LogP contribution in [0, 0.1) is 0 Å². The summed E-state index contributed by atoms with van der Waals surface area (Å²) in [5, 5.41) is 8.95. The van der Waals surface area contributed by atoms with Crippen LogP contribution in [-0.4, -0.2) is 23.2 Å². The van der Waals surface area contributed by atoms with Crippen LogP contribution in [-0.2, 0) is 4.79 Å². The number of carboxylic acid groups (broad SMARTS) is 1. The van der Waals surface area contributed by atoms with Crippen molar-refractivity contribution >= 4 is 17.3 Å². The first-order valence-electron chi connectivity index (χ1n) is 3.13. The Balaban J connectivity index is 2.81. The van der Waals surface area contributed by atoms with Crippen molar-refractivity contribution in [3.63, 3.8) is 0 Å². The fraction of sp³-hybridized carbons (Fsp3) is 0.333. The number of aromatic nitrogens is 1. The predicted molar refractivity (Wildman–Crippen MR) is 43.2 cm³/mol. The fourth-order valence-electron chi connectivity index (χ4n) is 0.630. The van der Waals surface area contributed by atoms with Crippen molar-refractivity contribution in [2.75, 3.05) is 7.11 Å². The molecule has 1 aromatic rings. The largest absolute Gasteiger partial charge is 0.480 e. The topological polar surface area (TPSA) is 85.4 Å². The predicted octanol–water partition coefficient (Wildman–Crippen LogP) is 0.236. The van der Waals surface area contributed by atoms with Crippen LogP contribution in [0.5, 0.6) is 5.19 Å². The number of hydrogen-bond acceptors (Lipinski definition) is 5. The summed E-state index contributed by atoms with van der Waals surface area (Å²) in [4.78, 5) is 14.7. The van der Waals surface area contributed by atoms with E-state index in [0.717, 1.165) is 11.3 Å². The van der Waals surface area contributed by atoms with Gasteiger partial charge in [-0.25, -0.2) is 4.98 Å². The smallest absolute Gasteiger partial charge is 0.326 e. The lowest BCUT2D eigenvalue weighted by Crippen LogP contribution is -2.19. The molecular weight excluding hydrogens is 180 g/mol. The summed E-state index contributed by atoms with van der Waals surface area (Å²) in [5.74, 6) is -1.07. The average Bonchev–Trinajstić information content (AvgIpc) is 2.50. The van der Waals surface area contributed by atoms with E-state index >= 15 is 0 Å². The van der Waals surface area contributed by atoms with E-state index in [1.807, 2.05) is 0 Å². The minimum Gasteiger partial charge on any atom is -0.480 e. The first-order chi connectivity index (χ1) is 5.65. The molecule has 0 saturated heterocycles. The lowest BCUT2D eigenvalue weighted by Gasteiger charge is -1.99. The molecule has 3 N–H and O–H groups in total. The first kappa shape index (κ1) is 8.95. The van der Waals surface area contributed by atoms with E-state index in [-0.39, 0.29) is 0 Å². The number of rotatable bonds is 3. The van der Waals surface area contributed by atoms with Gasteiger partial charge in [0.2, 0.25) is 0 Å². The lowest BCUT2D eigenvalue weighted by atomic mass is 10.3. The average molecular weight is 188 g/mol. The summed E-state index contributed by atoms with van der Waals surface area (Å²) in [5.41, 5.74) is 5.32. The molecule has 1 rings (SSSR count). The number of nitrogens with zero attached hydrogens (tertiary/aromatic N) is 1. The molecule has 6 heteroatoms. The van der Waals surface area contributed by atoms with Crippen LogP contribution in [0.15, 0.2) is 6.20 Å². The van der Waals surface area contributed by atoms with Crippen molar-refractivity contribution in [3.8, 4) is 5.19 Å². The Morgan fingerprint density at radius 3 is 3.00 bits per heavy atom. The molecule has 0 aliphatic carbocycles. The Morgan fingerprint density at radius 2 is 2.58 bits per heavy atom. The minimum absolute atomic E-state index is 0.418. The molecule has 1 unspecified atom stereocenters. The number of methoxy groups -OCH3 is 1. The first-order valence-corrected chi connectivity index (χ1v) is 3.95. The van der Waals surface area contributed by atoms with E-state index in [1.54, 1.807) is 0 Å². The number of nitrogens with two attached hydrogens (primary N) is 1. The highest BCUT2D eigenvalue weighted by atomic mass is 32.1. The van der Waals surface area contributed by atoms with Crippen LogP contribution in [0.3, 0.4) is 0 Å². The maximum absolute atomic E-state index is 10.4. The summed E-state index contributed by atoms with van der Waals surface area (Å²) in [6.45, 7) is 0. The van der Waals surface area contributed by atoms with Crippen molar-refractivity contribution in [2.45, 2.75) is 6.04 Å². The molecule has 1 aromatic heterocycles. The van der Waals surface area contributed by atoms with Crippen molar-refractivity contribution < 1.29 is 14.6 Å². The second-order valence-electron chi connectivity index (χ2n) is 2.05. The van der Waals surface area contributed by atoms with Crippen LogP contribution in [0.25, 0.3) is 0 Å². The molecule has 0 saturated carbocycles. The summed E-state index contributed by atoms with van der Waals surface area (Å²) >= 11 is 1.13. The van der Waals surface area contributed by atoms with Crippen molar-refractivity contribution in [1.29, 1.82) is 0 Å². The Kier molecular flexibility index (Phi) is 2.61. The van der Waals surface area contributed by atoms with Crippen LogP contribution in [0.4, 0.5) is 0 Å². The van der Waals surface area contributed by atoms with Gasteiger partial charge in [-0.2, -0.15) is 0 Å². The van der Waals surface area contributed by atoms with Gasteiger partial charge in [0.25, 0.3) is 5.19 Å². The number of aliphatic carboxylic acids is 1. The van der Waals surface area contributed by atoms with Gasteiger partial charge in [0.05, 0.1) is 12.0 Å². The molecule has 66 valence electrons. The Labute approximate surface area is 72.8 Å². The van der Waals surface area contributed by atoms with E-state index in [1.165, 1.54) is 13.3 Å². The molecule has 0 amide bonds. The molecular formula is C6H8N2O3S. The number of thiazole rings is 1. The minimum atomic E-state index is -1.07. The van der Waals surface area contributed by atoms with Crippen LogP contribution in [0.2, 0.25) is 0 Å². The highest BCUT2D eigenvalue weighted by molar-refractivity contribution is 7.13. The Morgan fingerprint density at radius 1 is 1.92 bits per heavy atom. The summed E-state index contributed by atoms with van der Waals surface area (Å²) in [7, 11) is 1.47. The quantitative estimate of drug-likeness (QED) is 0.709. The van der Waals surface area contributed by atoms with Gasteiger partial charge in [-0.3, -0.25) is 4.79 Å². The van der Waals surface area contributed by atoms with Gasteiger partial charge in [-0.1, -0.05) is 11.3 Å². The zero-order chi connectivity index (χ0) is 9.14. The Bertz CT molecular complexity index is 286. The maximum atomic E-state index is 10.4. The zero-order valence-electron chi connectivity index (χ0n) is 6.35. The molecule has 0 bridgehead atoms. The van der Waals surface area contributed by atoms with E-state index in [2.05, 4.69) is 4.98 Å². The molecule has 0 aromatic carbocycles. The van der Waals surface area contributed by atoms with E-state index in [9.17, 15) is 4.79 Å². The van der Waals surface area contributed by atoms with Gasteiger partial charge in [0, 0.05) is 6.20 Å².